The molecule has 0 amide bonds. The summed E-state index contributed by atoms with van der Waals surface area (Å²) in [5, 5.41) is 20.5. The molecular formula is C25H17FN2O2. The summed E-state index contributed by atoms with van der Waals surface area (Å²) >= 11 is 0. The Balaban J connectivity index is 1.81. The van der Waals surface area contributed by atoms with Crippen LogP contribution in [0.5, 0.6) is 0 Å². The van der Waals surface area contributed by atoms with Crippen molar-refractivity contribution in [2.24, 2.45) is 0 Å². The number of hydrogen-bond donors (Lipinski definition) is 1. The average molecular weight is 396 g/mol. The van der Waals surface area contributed by atoms with Crippen LogP contribution < -0.4 is 0 Å². The molecule has 4 nitrogen and oxygen atoms in total. The molecule has 0 saturated heterocycles. The number of aromatic nitrogens is 1. The van der Waals surface area contributed by atoms with Crippen molar-refractivity contribution in [1.29, 1.82) is 5.26 Å². The van der Waals surface area contributed by atoms with Crippen LogP contribution in [-0.4, -0.2) is 15.6 Å². The lowest BCUT2D eigenvalue weighted by Gasteiger charge is -2.11. The molecule has 1 heterocycles. The molecule has 0 saturated carbocycles. The predicted octanol–water partition coefficient (Wildman–Crippen LogP) is 5.49. The highest BCUT2D eigenvalue weighted by Crippen LogP contribution is 2.28. The van der Waals surface area contributed by atoms with Gasteiger partial charge in [0.25, 0.3) is 0 Å². The maximum atomic E-state index is 14.5. The van der Waals surface area contributed by atoms with E-state index in [0.717, 1.165) is 16.3 Å². The fraction of sp³-hybridized carbons (Fsp3) is 0.0400. The molecule has 0 fully saturated rings. The highest BCUT2D eigenvalue weighted by Gasteiger charge is 2.14. The summed E-state index contributed by atoms with van der Waals surface area (Å²) in [6.07, 6.45) is 3.03. The van der Waals surface area contributed by atoms with Crippen LogP contribution in [0.25, 0.3) is 28.1 Å². The van der Waals surface area contributed by atoms with Gasteiger partial charge >= 0.3 is 5.97 Å². The average Bonchev–Trinajstić information content (AvgIpc) is 3.14. The third-order valence-corrected chi connectivity index (χ3v) is 4.90. The third kappa shape index (κ3) is 3.85. The van der Waals surface area contributed by atoms with Gasteiger partial charge in [-0.25, -0.2) is 9.18 Å². The second-order valence-electron chi connectivity index (χ2n) is 6.92. The minimum Gasteiger partial charge on any atom is -0.477 e. The molecule has 0 aliphatic carbocycles. The number of halogens is 1. The van der Waals surface area contributed by atoms with Gasteiger partial charge < -0.3 is 9.67 Å². The van der Waals surface area contributed by atoms with Crippen LogP contribution in [0.15, 0.2) is 84.6 Å². The predicted molar refractivity (Wildman–Crippen MR) is 114 cm³/mol. The Morgan fingerprint density at radius 3 is 2.50 bits per heavy atom. The first-order valence-corrected chi connectivity index (χ1v) is 9.33. The number of carbonyl (C=O) groups is 1. The van der Waals surface area contributed by atoms with Crippen molar-refractivity contribution >= 4 is 22.8 Å². The van der Waals surface area contributed by atoms with Crippen LogP contribution in [0.1, 0.15) is 11.1 Å². The normalized spacial score (nSPS) is 11.4. The summed E-state index contributed by atoms with van der Waals surface area (Å²) in [7, 11) is 0. The Morgan fingerprint density at radius 1 is 1.03 bits per heavy atom. The summed E-state index contributed by atoms with van der Waals surface area (Å²) in [6.45, 7) is 0.470. The molecule has 5 heteroatoms. The molecule has 3 aromatic carbocycles. The van der Waals surface area contributed by atoms with Crippen molar-refractivity contribution in [2.45, 2.75) is 6.54 Å². The van der Waals surface area contributed by atoms with Crippen molar-refractivity contribution in [3.05, 3.63) is 102 Å². The van der Waals surface area contributed by atoms with E-state index < -0.39 is 5.97 Å². The maximum Gasteiger partial charge on any atom is 0.346 e. The second kappa shape index (κ2) is 8.06. The molecule has 1 aromatic heterocycles. The zero-order chi connectivity index (χ0) is 21.1. The van der Waals surface area contributed by atoms with Gasteiger partial charge in [0.1, 0.15) is 17.5 Å². The van der Waals surface area contributed by atoms with Gasteiger partial charge in [-0.05, 0) is 52.2 Å². The van der Waals surface area contributed by atoms with Crippen LogP contribution in [0.4, 0.5) is 4.39 Å². The van der Waals surface area contributed by atoms with Gasteiger partial charge in [-0.3, -0.25) is 0 Å². The molecule has 146 valence electrons. The molecule has 0 spiro atoms. The lowest BCUT2D eigenvalue weighted by Crippen LogP contribution is -2.01. The second-order valence-corrected chi connectivity index (χ2v) is 6.92. The van der Waals surface area contributed by atoms with E-state index in [2.05, 4.69) is 6.07 Å². The Bertz CT molecular complexity index is 1330. The van der Waals surface area contributed by atoms with Gasteiger partial charge in [-0.2, -0.15) is 5.26 Å². The minimum atomic E-state index is -1.30. The molecule has 30 heavy (non-hydrogen) atoms. The van der Waals surface area contributed by atoms with Crippen LogP contribution >= 0.6 is 0 Å². The molecule has 0 aliphatic heterocycles. The quantitative estimate of drug-likeness (QED) is 0.358. The monoisotopic (exact) mass is 396 g/mol. The van der Waals surface area contributed by atoms with E-state index in [0.29, 0.717) is 23.4 Å². The largest absolute Gasteiger partial charge is 0.477 e. The molecule has 0 bridgehead atoms. The van der Waals surface area contributed by atoms with Crippen LogP contribution in [0.3, 0.4) is 0 Å². The van der Waals surface area contributed by atoms with Gasteiger partial charge in [0.15, 0.2) is 0 Å². The van der Waals surface area contributed by atoms with Crippen molar-refractivity contribution in [3.8, 4) is 17.3 Å². The Labute approximate surface area is 172 Å². The van der Waals surface area contributed by atoms with E-state index in [1.165, 1.54) is 12.1 Å². The van der Waals surface area contributed by atoms with E-state index in [1.807, 2.05) is 41.0 Å². The van der Waals surface area contributed by atoms with Gasteiger partial charge in [-0.15, -0.1) is 0 Å². The van der Waals surface area contributed by atoms with Crippen molar-refractivity contribution in [1.82, 2.24) is 4.57 Å². The molecule has 0 atom stereocenters. The van der Waals surface area contributed by atoms with Gasteiger partial charge in [-0.1, -0.05) is 48.5 Å². The Morgan fingerprint density at radius 2 is 1.77 bits per heavy atom. The standard InChI is InChI=1S/C25H17FN2O2/c26-23-8-4-3-7-22(23)24-13-18(12-21(14-27)25(29)30)16-28(24)15-17-9-10-19-5-1-2-6-20(19)11-17/h1-13,16H,15H2,(H,29,30)/b21-12+. The number of nitriles is 1. The van der Waals surface area contributed by atoms with E-state index in [1.54, 1.807) is 36.5 Å². The van der Waals surface area contributed by atoms with Crippen LogP contribution in [0, 0.1) is 17.1 Å². The van der Waals surface area contributed by atoms with Gasteiger partial charge in [0.2, 0.25) is 0 Å². The number of nitrogens with zero attached hydrogens (tertiary/aromatic N) is 2. The van der Waals surface area contributed by atoms with Crippen molar-refractivity contribution < 1.29 is 14.3 Å². The summed E-state index contributed by atoms with van der Waals surface area (Å²) in [5.74, 6) is -1.67. The Kier molecular flexibility index (Phi) is 5.15. The first-order valence-electron chi connectivity index (χ1n) is 9.33. The topological polar surface area (TPSA) is 66.0 Å². The smallest absolute Gasteiger partial charge is 0.346 e. The van der Waals surface area contributed by atoms with Crippen molar-refractivity contribution in [2.75, 3.05) is 0 Å². The van der Waals surface area contributed by atoms with E-state index in [-0.39, 0.29) is 11.4 Å². The summed E-state index contributed by atoms with van der Waals surface area (Å²) in [4.78, 5) is 11.2. The number of aliphatic carboxylic acids is 1. The highest BCUT2D eigenvalue weighted by molar-refractivity contribution is 5.96. The van der Waals surface area contributed by atoms with E-state index in [9.17, 15) is 9.18 Å². The molecule has 0 aliphatic rings. The number of carboxylic acids is 1. The lowest BCUT2D eigenvalue weighted by atomic mass is 10.1. The van der Waals surface area contributed by atoms with Gasteiger partial charge in [0.05, 0.1) is 5.69 Å². The third-order valence-electron chi connectivity index (χ3n) is 4.90. The van der Waals surface area contributed by atoms with Crippen LogP contribution in [0.2, 0.25) is 0 Å². The molecule has 4 rings (SSSR count). The zero-order valence-electron chi connectivity index (χ0n) is 15.9. The van der Waals surface area contributed by atoms with Crippen LogP contribution in [-0.2, 0) is 11.3 Å². The number of hydrogen-bond acceptors (Lipinski definition) is 2. The molecule has 0 unspecified atom stereocenters. The number of fused-ring (bicyclic) bond motifs is 1. The summed E-state index contributed by atoms with van der Waals surface area (Å²) in [6, 6.07) is 24.0. The molecule has 4 aromatic rings. The maximum absolute atomic E-state index is 14.5. The first kappa shape index (κ1) is 19.2. The fourth-order valence-corrected chi connectivity index (χ4v) is 3.48. The lowest BCUT2D eigenvalue weighted by molar-refractivity contribution is -0.132. The fourth-order valence-electron chi connectivity index (χ4n) is 3.48. The highest BCUT2D eigenvalue weighted by atomic mass is 19.1. The Hall–Kier alpha value is -4.17. The summed E-state index contributed by atoms with van der Waals surface area (Å²) < 4.78 is 16.4. The molecule has 1 N–H and O–H groups in total. The molecule has 0 radical (unpaired) electrons. The first-order chi connectivity index (χ1) is 14.5. The van der Waals surface area contributed by atoms with Gasteiger partial charge in [0, 0.05) is 18.3 Å². The number of carboxylic acid groups (broad SMARTS) is 1. The summed E-state index contributed by atoms with van der Waals surface area (Å²) in [5.41, 5.74) is 2.18. The van der Waals surface area contributed by atoms with E-state index in [4.69, 9.17) is 10.4 Å². The van der Waals surface area contributed by atoms with E-state index >= 15 is 0 Å². The molecular weight excluding hydrogens is 379 g/mol. The zero-order valence-corrected chi connectivity index (χ0v) is 15.9. The number of rotatable bonds is 5. The SMILES string of the molecule is N#C/C(=C\c1cc(-c2ccccc2F)n(Cc2ccc3ccccc3c2)c1)C(=O)O. The van der Waals surface area contributed by atoms with Crippen molar-refractivity contribution in [3.63, 3.8) is 0 Å². The minimum absolute atomic E-state index is 0.371. The number of benzene rings is 3.